The third-order valence-corrected chi connectivity index (χ3v) is 3.76. The predicted molar refractivity (Wildman–Crippen MR) is 113 cm³/mol. The fraction of sp³-hybridized carbons (Fsp3) is 0.300. The fourth-order valence-corrected chi connectivity index (χ4v) is 2.15. The largest absolute Gasteiger partial charge is 2.00 e. The van der Waals surface area contributed by atoms with Crippen molar-refractivity contribution in [2.45, 2.75) is 12.8 Å². The first-order valence-corrected chi connectivity index (χ1v) is 9.42. The van der Waals surface area contributed by atoms with E-state index in [9.17, 15) is 30.4 Å². The van der Waals surface area contributed by atoms with E-state index in [-0.39, 0.29) is 64.3 Å². The Kier molecular flexibility index (Phi) is 14.6. The van der Waals surface area contributed by atoms with Gasteiger partial charge >= 0.3 is 17.1 Å². The van der Waals surface area contributed by atoms with E-state index in [1.807, 2.05) is 0 Å². The number of non-ortho nitro benzene ring substituents is 2. The summed E-state index contributed by atoms with van der Waals surface area (Å²) in [6.45, 7) is 0.824. The number of nitro benzene ring substituents is 2. The van der Waals surface area contributed by atoms with Gasteiger partial charge in [0.05, 0.1) is 9.85 Å². The zero-order valence-electron chi connectivity index (χ0n) is 17.3. The summed E-state index contributed by atoms with van der Waals surface area (Å²) < 4.78 is 0. The summed E-state index contributed by atoms with van der Waals surface area (Å²) in [6.07, 6.45) is 3.59. The molecule has 0 atom stereocenters. The summed E-state index contributed by atoms with van der Waals surface area (Å²) in [5, 5.41) is 60.5. The third-order valence-electron chi connectivity index (χ3n) is 3.76. The summed E-state index contributed by atoms with van der Waals surface area (Å²) in [7, 11) is 0. The molecule has 12 nitrogen and oxygen atoms in total. The standard InChI is InChI=1S/2C10H12N2O4.Cu/c2*13-5-1-4-11-7-8-6-9(12(15)16)2-3-10(8)14;/h2*2-3,6-7,13-14H,1,4-5H2;/q;;+2/p-2. The van der Waals surface area contributed by atoms with Crippen molar-refractivity contribution in [2.75, 3.05) is 26.3 Å². The molecule has 0 amide bonds. The molecule has 0 aliphatic carbocycles. The zero-order valence-corrected chi connectivity index (χ0v) is 18.2. The van der Waals surface area contributed by atoms with Crippen molar-refractivity contribution in [3.05, 3.63) is 67.8 Å². The normalized spacial score (nSPS) is 10.5. The summed E-state index contributed by atoms with van der Waals surface area (Å²) in [5.41, 5.74) is 0.102. The Labute approximate surface area is 199 Å². The average molecular weight is 510 g/mol. The Balaban J connectivity index is 0.000000602. The molecule has 0 saturated heterocycles. The van der Waals surface area contributed by atoms with E-state index >= 15 is 0 Å². The molecule has 0 spiro atoms. The first-order valence-electron chi connectivity index (χ1n) is 9.42. The number of hydrogen-bond donors (Lipinski definition) is 2. The second-order valence-corrected chi connectivity index (χ2v) is 6.18. The second kappa shape index (κ2) is 16.3. The number of nitrogens with zero attached hydrogens (tertiary/aromatic N) is 4. The fourth-order valence-electron chi connectivity index (χ4n) is 2.15. The van der Waals surface area contributed by atoms with E-state index in [0.29, 0.717) is 25.9 Å². The molecule has 181 valence electrons. The molecule has 0 bridgehead atoms. The SMILES string of the molecule is O=[N+]([O-])c1ccc([O-])c(C=NCCCO)c1.O=[N+]([O-])c1ccc([O-])c(C=NCCCO)c1.[Cu+2]. The van der Waals surface area contributed by atoms with Crippen LogP contribution < -0.4 is 10.2 Å². The Morgan fingerprint density at radius 3 is 1.42 bits per heavy atom. The van der Waals surface area contributed by atoms with E-state index in [1.165, 1.54) is 24.6 Å². The quantitative estimate of drug-likeness (QED) is 0.155. The minimum atomic E-state index is -0.565. The van der Waals surface area contributed by atoms with Crippen LogP contribution in [-0.2, 0) is 17.1 Å². The molecular formula is C20H22CuN4O8. The molecule has 0 heterocycles. The van der Waals surface area contributed by atoms with Crippen molar-refractivity contribution in [2.24, 2.45) is 9.98 Å². The first kappa shape index (κ1) is 29.6. The average Bonchev–Trinajstić information content (AvgIpc) is 2.76. The van der Waals surface area contributed by atoms with Crippen LogP contribution in [0.15, 0.2) is 46.4 Å². The molecule has 0 saturated carbocycles. The molecule has 0 unspecified atom stereocenters. The van der Waals surface area contributed by atoms with Gasteiger partial charge < -0.3 is 20.4 Å². The van der Waals surface area contributed by atoms with Crippen LogP contribution in [0.1, 0.15) is 24.0 Å². The van der Waals surface area contributed by atoms with Crippen molar-refractivity contribution in [1.82, 2.24) is 0 Å². The molecule has 13 heteroatoms. The van der Waals surface area contributed by atoms with Gasteiger partial charge in [0.2, 0.25) is 0 Å². The van der Waals surface area contributed by atoms with Gasteiger partial charge in [-0.2, -0.15) is 0 Å². The number of nitro groups is 2. The monoisotopic (exact) mass is 509 g/mol. The van der Waals surface area contributed by atoms with E-state index in [2.05, 4.69) is 9.98 Å². The Morgan fingerprint density at radius 1 is 0.758 bits per heavy atom. The van der Waals surface area contributed by atoms with Crippen LogP contribution in [0.3, 0.4) is 0 Å². The van der Waals surface area contributed by atoms with Crippen molar-refractivity contribution < 1.29 is 47.3 Å². The van der Waals surface area contributed by atoms with Crippen LogP contribution in [-0.4, -0.2) is 58.8 Å². The summed E-state index contributed by atoms with van der Waals surface area (Å²) in [5.74, 6) is -0.614. The van der Waals surface area contributed by atoms with Crippen LogP contribution in [0.4, 0.5) is 11.4 Å². The molecule has 0 aliphatic heterocycles. The van der Waals surface area contributed by atoms with Gasteiger partial charge in [-0.1, -0.05) is 23.6 Å². The smallest absolute Gasteiger partial charge is 0.872 e. The van der Waals surface area contributed by atoms with Gasteiger partial charge in [0.15, 0.2) is 0 Å². The van der Waals surface area contributed by atoms with Gasteiger partial charge in [0, 0.05) is 63.0 Å². The van der Waals surface area contributed by atoms with Crippen LogP contribution in [0, 0.1) is 20.2 Å². The molecule has 33 heavy (non-hydrogen) atoms. The maximum Gasteiger partial charge on any atom is 2.00 e. The van der Waals surface area contributed by atoms with E-state index in [1.54, 1.807) is 0 Å². The van der Waals surface area contributed by atoms with Crippen molar-refractivity contribution in [3.63, 3.8) is 0 Å². The molecular weight excluding hydrogens is 488 g/mol. The van der Waals surface area contributed by atoms with Gasteiger partial charge in [-0.15, -0.1) is 0 Å². The Hall–Kier alpha value is -3.38. The maximum absolute atomic E-state index is 11.3. The Bertz CT molecular complexity index is 892. The Morgan fingerprint density at radius 2 is 1.12 bits per heavy atom. The van der Waals surface area contributed by atoms with Crippen LogP contribution in [0.5, 0.6) is 11.5 Å². The summed E-state index contributed by atoms with van der Waals surface area (Å²) >= 11 is 0. The predicted octanol–water partition coefficient (Wildman–Crippen LogP) is 0.937. The second-order valence-electron chi connectivity index (χ2n) is 6.18. The minimum absolute atomic E-state index is 0. The van der Waals surface area contributed by atoms with Gasteiger partial charge in [0.25, 0.3) is 11.4 Å². The maximum atomic E-state index is 11.3. The van der Waals surface area contributed by atoms with Crippen molar-refractivity contribution in [1.29, 1.82) is 0 Å². The number of hydrogen-bond acceptors (Lipinski definition) is 10. The van der Waals surface area contributed by atoms with Crippen LogP contribution in [0.2, 0.25) is 0 Å². The number of benzene rings is 2. The van der Waals surface area contributed by atoms with Crippen molar-refractivity contribution >= 4 is 23.8 Å². The third kappa shape index (κ3) is 11.2. The molecule has 2 rings (SSSR count). The molecule has 0 aliphatic rings. The first-order chi connectivity index (χ1) is 15.3. The van der Waals surface area contributed by atoms with E-state index in [0.717, 1.165) is 24.3 Å². The minimum Gasteiger partial charge on any atom is -0.872 e. The molecule has 2 N–H and O–H groups in total. The molecule has 0 fully saturated rings. The van der Waals surface area contributed by atoms with Gasteiger partial charge in [-0.25, -0.2) is 0 Å². The molecule has 1 radical (unpaired) electrons. The van der Waals surface area contributed by atoms with Gasteiger partial charge in [-0.05, 0) is 24.0 Å². The van der Waals surface area contributed by atoms with Crippen LogP contribution in [0.25, 0.3) is 0 Å². The van der Waals surface area contributed by atoms with E-state index < -0.39 is 9.85 Å². The topological polar surface area (TPSA) is 198 Å². The molecule has 2 aromatic carbocycles. The summed E-state index contributed by atoms with van der Waals surface area (Å²) in [4.78, 5) is 27.6. The molecule has 2 aromatic rings. The zero-order chi connectivity index (χ0) is 23.9. The number of aliphatic hydroxyl groups excluding tert-OH is 2. The number of aliphatic imine (C=N–C) groups is 2. The van der Waals surface area contributed by atoms with Gasteiger partial charge in [-0.3, -0.25) is 30.2 Å². The van der Waals surface area contributed by atoms with Crippen LogP contribution >= 0.6 is 0 Å². The number of aliphatic hydroxyl groups is 2. The summed E-state index contributed by atoms with van der Waals surface area (Å²) in [6, 6.07) is 6.98. The molecule has 0 aromatic heterocycles. The number of rotatable bonds is 10. The van der Waals surface area contributed by atoms with Gasteiger partial charge in [0.1, 0.15) is 0 Å². The van der Waals surface area contributed by atoms with Crippen molar-refractivity contribution in [3.8, 4) is 11.5 Å². The van der Waals surface area contributed by atoms with E-state index in [4.69, 9.17) is 10.2 Å².